The zero-order valence-electron chi connectivity index (χ0n) is 11.1. The first kappa shape index (κ1) is 10.8. The Labute approximate surface area is 103 Å². The van der Waals surface area contributed by atoms with E-state index in [9.17, 15) is 0 Å². The Balaban J connectivity index is 2.37. The molecule has 0 atom stereocenters. The smallest absolute Gasteiger partial charge is 0.0731 e. The first-order valence-electron chi connectivity index (χ1n) is 6.47. The standard InChI is InChI=1S/C15H20N2/c1-10-6-5-9-17-14(10)12(15(2,3)4)13(16-17)11-7-8-11/h5-6,9,11H,7-8H2,1-4H3. The van der Waals surface area contributed by atoms with Crippen molar-refractivity contribution in [3.63, 3.8) is 0 Å². The Morgan fingerprint density at radius 2 is 2.00 bits per heavy atom. The van der Waals surface area contributed by atoms with Gasteiger partial charge in [0, 0.05) is 17.7 Å². The SMILES string of the molecule is Cc1cccn2nc(C3CC3)c(C(C)(C)C)c12. The molecule has 17 heavy (non-hydrogen) atoms. The molecule has 0 aliphatic heterocycles. The van der Waals surface area contributed by atoms with E-state index in [-0.39, 0.29) is 5.41 Å². The minimum atomic E-state index is 0.172. The predicted octanol–water partition coefficient (Wildman–Crippen LogP) is 3.82. The summed E-state index contributed by atoms with van der Waals surface area (Å²) in [5, 5.41) is 4.82. The van der Waals surface area contributed by atoms with E-state index in [4.69, 9.17) is 5.10 Å². The summed E-state index contributed by atoms with van der Waals surface area (Å²) in [6.45, 7) is 9.07. The van der Waals surface area contributed by atoms with Crippen LogP contribution in [0.15, 0.2) is 18.3 Å². The number of aromatic nitrogens is 2. The quantitative estimate of drug-likeness (QED) is 0.725. The van der Waals surface area contributed by atoms with Gasteiger partial charge in [-0.05, 0) is 36.8 Å². The normalized spacial score (nSPS) is 16.7. The highest BCUT2D eigenvalue weighted by molar-refractivity contribution is 5.65. The van der Waals surface area contributed by atoms with Gasteiger partial charge in [0.15, 0.2) is 0 Å². The first-order valence-corrected chi connectivity index (χ1v) is 6.47. The lowest BCUT2D eigenvalue weighted by Crippen LogP contribution is -2.13. The number of fused-ring (bicyclic) bond motifs is 1. The highest BCUT2D eigenvalue weighted by Gasteiger charge is 2.34. The highest BCUT2D eigenvalue weighted by Crippen LogP contribution is 2.45. The van der Waals surface area contributed by atoms with Crippen molar-refractivity contribution in [3.8, 4) is 0 Å². The largest absolute Gasteiger partial charge is 0.240 e. The van der Waals surface area contributed by atoms with Crippen molar-refractivity contribution < 1.29 is 0 Å². The Hall–Kier alpha value is -1.31. The van der Waals surface area contributed by atoms with Gasteiger partial charge in [-0.25, -0.2) is 4.52 Å². The van der Waals surface area contributed by atoms with Gasteiger partial charge < -0.3 is 0 Å². The van der Waals surface area contributed by atoms with Gasteiger partial charge in [-0.2, -0.15) is 5.10 Å². The van der Waals surface area contributed by atoms with E-state index >= 15 is 0 Å². The second-order valence-electron chi connectivity index (χ2n) is 6.27. The molecule has 1 aliphatic carbocycles. The lowest BCUT2D eigenvalue weighted by atomic mass is 9.84. The van der Waals surface area contributed by atoms with E-state index in [1.165, 1.54) is 35.2 Å². The van der Waals surface area contributed by atoms with Crippen LogP contribution in [0.25, 0.3) is 5.52 Å². The summed E-state index contributed by atoms with van der Waals surface area (Å²) in [6, 6.07) is 4.27. The molecule has 0 saturated heterocycles. The summed E-state index contributed by atoms with van der Waals surface area (Å²) in [4.78, 5) is 0. The van der Waals surface area contributed by atoms with Gasteiger partial charge in [0.25, 0.3) is 0 Å². The van der Waals surface area contributed by atoms with Crippen LogP contribution in [-0.4, -0.2) is 9.61 Å². The van der Waals surface area contributed by atoms with Gasteiger partial charge in [-0.3, -0.25) is 0 Å². The molecular formula is C15H20N2. The van der Waals surface area contributed by atoms with Gasteiger partial charge in [0.1, 0.15) is 0 Å². The number of pyridine rings is 1. The number of aryl methyl sites for hydroxylation is 1. The molecule has 1 aliphatic rings. The summed E-state index contributed by atoms with van der Waals surface area (Å²) < 4.78 is 2.07. The van der Waals surface area contributed by atoms with Crippen LogP contribution in [-0.2, 0) is 5.41 Å². The van der Waals surface area contributed by atoms with Crippen molar-refractivity contribution in [1.29, 1.82) is 0 Å². The van der Waals surface area contributed by atoms with Gasteiger partial charge in [-0.15, -0.1) is 0 Å². The first-order chi connectivity index (χ1) is 7.98. The van der Waals surface area contributed by atoms with Crippen LogP contribution in [0.3, 0.4) is 0 Å². The van der Waals surface area contributed by atoms with Gasteiger partial charge in [0.05, 0.1) is 11.2 Å². The molecule has 0 bridgehead atoms. The van der Waals surface area contributed by atoms with E-state index in [1.807, 2.05) is 0 Å². The Bertz CT molecular complexity index is 568. The summed E-state index contributed by atoms with van der Waals surface area (Å²) in [5.74, 6) is 0.712. The summed E-state index contributed by atoms with van der Waals surface area (Å²) in [7, 11) is 0. The molecule has 0 spiro atoms. The monoisotopic (exact) mass is 228 g/mol. The van der Waals surface area contributed by atoms with Crippen molar-refractivity contribution >= 4 is 5.52 Å². The molecule has 0 unspecified atom stereocenters. The molecule has 0 radical (unpaired) electrons. The lowest BCUT2D eigenvalue weighted by molar-refractivity contribution is 0.587. The summed E-state index contributed by atoms with van der Waals surface area (Å²) in [6.07, 6.45) is 4.70. The fraction of sp³-hybridized carbons (Fsp3) is 0.533. The molecule has 90 valence electrons. The number of hydrogen-bond acceptors (Lipinski definition) is 1. The van der Waals surface area contributed by atoms with Crippen molar-refractivity contribution in [1.82, 2.24) is 9.61 Å². The highest BCUT2D eigenvalue weighted by atomic mass is 15.2. The third-order valence-electron chi connectivity index (χ3n) is 3.60. The summed E-state index contributed by atoms with van der Waals surface area (Å²) in [5.41, 5.74) is 5.62. The van der Waals surface area contributed by atoms with E-state index in [0.29, 0.717) is 5.92 Å². The maximum atomic E-state index is 4.82. The molecule has 1 fully saturated rings. The van der Waals surface area contributed by atoms with Crippen LogP contribution >= 0.6 is 0 Å². The number of rotatable bonds is 1. The number of nitrogens with zero attached hydrogens (tertiary/aromatic N) is 2. The van der Waals surface area contributed by atoms with Crippen molar-refractivity contribution in [2.75, 3.05) is 0 Å². The second-order valence-corrected chi connectivity index (χ2v) is 6.27. The van der Waals surface area contributed by atoms with Crippen LogP contribution in [0.5, 0.6) is 0 Å². The second kappa shape index (κ2) is 3.34. The average Bonchev–Trinajstić information content (AvgIpc) is 2.97. The van der Waals surface area contributed by atoms with E-state index < -0.39 is 0 Å². The third kappa shape index (κ3) is 1.67. The molecule has 2 heteroatoms. The van der Waals surface area contributed by atoms with Crippen LogP contribution in [0, 0.1) is 6.92 Å². The predicted molar refractivity (Wildman–Crippen MR) is 70.6 cm³/mol. The Morgan fingerprint density at radius 1 is 1.29 bits per heavy atom. The van der Waals surface area contributed by atoms with Gasteiger partial charge >= 0.3 is 0 Å². The topological polar surface area (TPSA) is 17.3 Å². The molecule has 2 nitrogen and oxygen atoms in total. The van der Waals surface area contributed by atoms with Crippen molar-refractivity contribution in [2.45, 2.75) is 51.9 Å². The maximum absolute atomic E-state index is 4.82. The molecule has 0 N–H and O–H groups in total. The zero-order valence-corrected chi connectivity index (χ0v) is 11.1. The Morgan fingerprint density at radius 3 is 2.59 bits per heavy atom. The van der Waals surface area contributed by atoms with E-state index in [1.54, 1.807) is 0 Å². The van der Waals surface area contributed by atoms with Crippen LogP contribution < -0.4 is 0 Å². The summed E-state index contributed by atoms with van der Waals surface area (Å²) >= 11 is 0. The fourth-order valence-corrected chi connectivity index (χ4v) is 2.67. The minimum Gasteiger partial charge on any atom is -0.240 e. The molecule has 0 amide bonds. The maximum Gasteiger partial charge on any atom is 0.0731 e. The Kier molecular flexibility index (Phi) is 2.13. The van der Waals surface area contributed by atoms with E-state index in [0.717, 1.165) is 0 Å². The fourth-order valence-electron chi connectivity index (χ4n) is 2.67. The zero-order chi connectivity index (χ0) is 12.2. The minimum absolute atomic E-state index is 0.172. The van der Waals surface area contributed by atoms with Crippen LogP contribution in [0.1, 0.15) is 56.4 Å². The van der Waals surface area contributed by atoms with Gasteiger partial charge in [-0.1, -0.05) is 26.8 Å². The van der Waals surface area contributed by atoms with E-state index in [2.05, 4.69) is 50.5 Å². The molecule has 2 aromatic rings. The number of hydrogen-bond donors (Lipinski definition) is 0. The molecule has 2 aromatic heterocycles. The lowest BCUT2D eigenvalue weighted by Gasteiger charge is -2.20. The molecule has 1 saturated carbocycles. The van der Waals surface area contributed by atoms with Crippen molar-refractivity contribution in [3.05, 3.63) is 35.2 Å². The molecular weight excluding hydrogens is 208 g/mol. The molecule has 0 aromatic carbocycles. The van der Waals surface area contributed by atoms with Gasteiger partial charge in [0.2, 0.25) is 0 Å². The average molecular weight is 228 g/mol. The molecule has 2 heterocycles. The van der Waals surface area contributed by atoms with Crippen molar-refractivity contribution in [2.24, 2.45) is 0 Å². The third-order valence-corrected chi connectivity index (χ3v) is 3.60. The van der Waals surface area contributed by atoms with Crippen LogP contribution in [0.4, 0.5) is 0 Å². The van der Waals surface area contributed by atoms with Crippen LogP contribution in [0.2, 0.25) is 0 Å². The molecule has 3 rings (SSSR count).